The van der Waals surface area contributed by atoms with E-state index in [0.717, 1.165) is 4.90 Å². The first-order valence-corrected chi connectivity index (χ1v) is 8.78. The summed E-state index contributed by atoms with van der Waals surface area (Å²) in [6.07, 6.45) is 4.71. The van der Waals surface area contributed by atoms with Crippen molar-refractivity contribution in [3.05, 3.63) is 12.4 Å². The zero-order chi connectivity index (χ0) is 17.0. The zero-order valence-electron chi connectivity index (χ0n) is 13.9. The van der Waals surface area contributed by atoms with E-state index in [1.54, 1.807) is 24.2 Å². The Morgan fingerprint density at radius 3 is 2.70 bits per heavy atom. The topological polar surface area (TPSA) is 87.6 Å². The molecule has 1 aliphatic heterocycles. The van der Waals surface area contributed by atoms with Crippen molar-refractivity contribution in [1.29, 1.82) is 0 Å². The number of nitrogens with one attached hydrogen (secondary N) is 1. The molecule has 2 N–H and O–H groups in total. The Balaban J connectivity index is 1.84. The van der Waals surface area contributed by atoms with Gasteiger partial charge >= 0.3 is 6.09 Å². The van der Waals surface area contributed by atoms with E-state index >= 15 is 0 Å². The van der Waals surface area contributed by atoms with Gasteiger partial charge in [0.15, 0.2) is 0 Å². The molecule has 0 aromatic carbocycles. The summed E-state index contributed by atoms with van der Waals surface area (Å²) in [6.45, 7) is 6.47. The van der Waals surface area contributed by atoms with Crippen LogP contribution in [0.2, 0.25) is 0 Å². The Labute approximate surface area is 140 Å². The molecule has 0 spiro atoms. The van der Waals surface area contributed by atoms with Gasteiger partial charge in [-0.05, 0) is 39.4 Å². The summed E-state index contributed by atoms with van der Waals surface area (Å²) in [6, 6.07) is 0. The molecule has 1 amide bonds. The van der Waals surface area contributed by atoms with Crippen molar-refractivity contribution in [1.82, 2.24) is 14.9 Å². The number of anilines is 1. The highest BCUT2D eigenvalue weighted by Crippen LogP contribution is 2.24. The standard InChI is InChI=1S/C15H24N4O3S/c1-15(2,3)22-14(21)19-9-10(5-12(19)20)6-16-13-17-7-11(23-4)8-18-13/h7-8,10,12,20H,5-6,9H2,1-4H3,(H,16,17,18). The van der Waals surface area contributed by atoms with Crippen molar-refractivity contribution in [2.45, 2.75) is 43.9 Å². The number of hydrogen-bond acceptors (Lipinski definition) is 7. The van der Waals surface area contributed by atoms with Gasteiger partial charge < -0.3 is 15.2 Å². The predicted octanol–water partition coefficient (Wildman–Crippen LogP) is 2.19. The van der Waals surface area contributed by atoms with Crippen LogP contribution in [-0.2, 0) is 4.74 Å². The minimum absolute atomic E-state index is 0.126. The third-order valence-corrected chi connectivity index (χ3v) is 4.08. The van der Waals surface area contributed by atoms with E-state index in [-0.39, 0.29) is 5.92 Å². The Bertz CT molecular complexity index is 533. The highest BCUT2D eigenvalue weighted by molar-refractivity contribution is 7.98. The van der Waals surface area contributed by atoms with Crippen LogP contribution < -0.4 is 5.32 Å². The third kappa shape index (κ3) is 5.24. The first-order valence-electron chi connectivity index (χ1n) is 7.56. The molecular formula is C15H24N4O3S. The Kier molecular flexibility index (Phi) is 5.69. The fourth-order valence-corrected chi connectivity index (χ4v) is 2.63. The highest BCUT2D eigenvalue weighted by Gasteiger charge is 2.36. The lowest BCUT2D eigenvalue weighted by atomic mass is 10.1. The molecule has 2 heterocycles. The summed E-state index contributed by atoms with van der Waals surface area (Å²) < 4.78 is 5.31. The highest BCUT2D eigenvalue weighted by atomic mass is 32.2. The molecule has 7 nitrogen and oxygen atoms in total. The minimum atomic E-state index is -0.809. The average Bonchev–Trinajstić information content (AvgIpc) is 2.85. The summed E-state index contributed by atoms with van der Waals surface area (Å²) >= 11 is 1.59. The van der Waals surface area contributed by atoms with Crippen LogP contribution >= 0.6 is 11.8 Å². The maximum absolute atomic E-state index is 12.1. The first kappa shape index (κ1) is 17.8. The van der Waals surface area contributed by atoms with Gasteiger partial charge in [0.25, 0.3) is 0 Å². The van der Waals surface area contributed by atoms with E-state index in [2.05, 4.69) is 15.3 Å². The quantitative estimate of drug-likeness (QED) is 0.812. The zero-order valence-corrected chi connectivity index (χ0v) is 14.8. The molecule has 1 aromatic rings. The van der Waals surface area contributed by atoms with E-state index in [0.29, 0.717) is 25.5 Å². The normalized spacial score (nSPS) is 21.3. The number of likely N-dealkylation sites (tertiary alicyclic amines) is 1. The Hall–Kier alpha value is -1.54. The minimum Gasteiger partial charge on any atom is -0.444 e. The molecule has 23 heavy (non-hydrogen) atoms. The van der Waals surface area contributed by atoms with Crippen LogP contribution in [0.5, 0.6) is 0 Å². The number of amides is 1. The van der Waals surface area contributed by atoms with Crippen LogP contribution in [0.25, 0.3) is 0 Å². The van der Waals surface area contributed by atoms with E-state index < -0.39 is 17.9 Å². The van der Waals surface area contributed by atoms with Gasteiger partial charge in [-0.2, -0.15) is 0 Å². The lowest BCUT2D eigenvalue weighted by molar-refractivity contribution is -0.0128. The van der Waals surface area contributed by atoms with Crippen LogP contribution in [0.1, 0.15) is 27.2 Å². The van der Waals surface area contributed by atoms with Gasteiger partial charge in [-0.15, -0.1) is 11.8 Å². The second-order valence-electron chi connectivity index (χ2n) is 6.54. The van der Waals surface area contributed by atoms with E-state index in [1.807, 2.05) is 27.0 Å². The largest absolute Gasteiger partial charge is 0.444 e. The number of ether oxygens (including phenoxy) is 1. The van der Waals surface area contributed by atoms with E-state index in [9.17, 15) is 9.90 Å². The fourth-order valence-electron chi connectivity index (χ4n) is 2.31. The maximum Gasteiger partial charge on any atom is 0.412 e. The van der Waals surface area contributed by atoms with Crippen LogP contribution in [0.15, 0.2) is 17.3 Å². The molecule has 8 heteroatoms. The van der Waals surface area contributed by atoms with Crippen molar-refractivity contribution in [2.24, 2.45) is 5.92 Å². The SMILES string of the molecule is CSc1cnc(NCC2CC(O)N(C(=O)OC(C)(C)C)C2)nc1. The molecule has 0 radical (unpaired) electrons. The summed E-state index contributed by atoms with van der Waals surface area (Å²) in [7, 11) is 0. The van der Waals surface area contributed by atoms with Crippen LogP contribution in [0.3, 0.4) is 0 Å². The van der Waals surface area contributed by atoms with Crippen molar-refractivity contribution in [3.63, 3.8) is 0 Å². The average molecular weight is 340 g/mol. The molecule has 1 aliphatic rings. The van der Waals surface area contributed by atoms with Gasteiger partial charge in [-0.25, -0.2) is 14.8 Å². The van der Waals surface area contributed by atoms with Gasteiger partial charge in [0.1, 0.15) is 11.8 Å². The Morgan fingerprint density at radius 2 is 2.13 bits per heavy atom. The van der Waals surface area contributed by atoms with Crippen LogP contribution in [-0.4, -0.2) is 57.2 Å². The third-order valence-electron chi connectivity index (χ3n) is 3.40. The monoisotopic (exact) mass is 340 g/mol. The summed E-state index contributed by atoms with van der Waals surface area (Å²) in [5.41, 5.74) is -0.569. The molecule has 2 rings (SSSR count). The molecule has 1 saturated heterocycles. The summed E-state index contributed by atoms with van der Waals surface area (Å²) in [5.74, 6) is 0.675. The molecule has 1 aromatic heterocycles. The Morgan fingerprint density at radius 1 is 1.48 bits per heavy atom. The maximum atomic E-state index is 12.1. The number of aliphatic hydroxyl groups is 1. The number of aliphatic hydroxyl groups excluding tert-OH is 1. The lowest BCUT2D eigenvalue weighted by Gasteiger charge is -2.26. The van der Waals surface area contributed by atoms with Gasteiger partial charge in [0.2, 0.25) is 5.95 Å². The number of thioether (sulfide) groups is 1. The molecule has 1 fully saturated rings. The number of carbonyl (C=O) groups excluding carboxylic acids is 1. The van der Waals surface area contributed by atoms with Gasteiger partial charge in [0, 0.05) is 30.4 Å². The van der Waals surface area contributed by atoms with Crippen molar-refractivity contribution < 1.29 is 14.6 Å². The van der Waals surface area contributed by atoms with E-state index in [1.165, 1.54) is 4.90 Å². The number of nitrogens with zero attached hydrogens (tertiary/aromatic N) is 3. The molecular weight excluding hydrogens is 316 g/mol. The number of hydrogen-bond donors (Lipinski definition) is 2. The van der Waals surface area contributed by atoms with Crippen molar-refractivity contribution in [2.75, 3.05) is 24.7 Å². The summed E-state index contributed by atoms with van der Waals surface area (Å²) in [5, 5.41) is 13.2. The molecule has 0 bridgehead atoms. The first-order chi connectivity index (χ1) is 10.8. The fraction of sp³-hybridized carbons (Fsp3) is 0.667. The van der Waals surface area contributed by atoms with Gasteiger partial charge in [-0.3, -0.25) is 4.90 Å². The van der Waals surface area contributed by atoms with Crippen molar-refractivity contribution in [3.8, 4) is 0 Å². The molecule has 2 unspecified atom stereocenters. The summed E-state index contributed by atoms with van der Waals surface area (Å²) in [4.78, 5) is 22.9. The van der Waals surface area contributed by atoms with Gasteiger partial charge in [-0.1, -0.05) is 0 Å². The lowest BCUT2D eigenvalue weighted by Crippen LogP contribution is -2.40. The molecule has 0 aliphatic carbocycles. The second kappa shape index (κ2) is 7.35. The predicted molar refractivity (Wildman–Crippen MR) is 89.4 cm³/mol. The molecule has 2 atom stereocenters. The van der Waals surface area contributed by atoms with Crippen LogP contribution in [0, 0.1) is 5.92 Å². The smallest absolute Gasteiger partial charge is 0.412 e. The van der Waals surface area contributed by atoms with Gasteiger partial charge in [0.05, 0.1) is 0 Å². The number of aromatic nitrogens is 2. The second-order valence-corrected chi connectivity index (χ2v) is 7.42. The molecule has 128 valence electrons. The number of rotatable bonds is 4. The molecule has 0 saturated carbocycles. The van der Waals surface area contributed by atoms with E-state index in [4.69, 9.17) is 4.74 Å². The van der Waals surface area contributed by atoms with Crippen molar-refractivity contribution >= 4 is 23.8 Å². The van der Waals surface area contributed by atoms with Crippen LogP contribution in [0.4, 0.5) is 10.7 Å². The number of carbonyl (C=O) groups is 1.